The van der Waals surface area contributed by atoms with Gasteiger partial charge in [0.05, 0.1) is 0 Å². The van der Waals surface area contributed by atoms with Crippen molar-refractivity contribution in [3.8, 4) is 0 Å². The Bertz CT molecular complexity index is 357. The number of rotatable bonds is 2. The van der Waals surface area contributed by atoms with E-state index in [1.54, 1.807) is 0 Å². The van der Waals surface area contributed by atoms with Gasteiger partial charge in [0.25, 0.3) is 0 Å². The lowest BCUT2D eigenvalue weighted by molar-refractivity contribution is 0.191. The molecule has 1 unspecified atom stereocenters. The van der Waals surface area contributed by atoms with Crippen LogP contribution in [-0.4, -0.2) is 0 Å². The van der Waals surface area contributed by atoms with E-state index in [1.165, 1.54) is 31.3 Å². The Morgan fingerprint density at radius 1 is 1.16 bits per heavy atom. The Morgan fingerprint density at radius 2 is 1.68 bits per heavy atom. The fraction of sp³-hybridized carbons (Fsp3) is 0.474. The van der Waals surface area contributed by atoms with Crippen molar-refractivity contribution < 1.29 is 0 Å². The smallest absolute Gasteiger partial charge is 0.0120 e. The standard InChI is InChI=1S/C13H22.C6H6/c1-5-6-9-12-11(2)8-7-10-13(12,3)4;1-2-4-6-5-3-1/h5-6,12H,2,7-10H2,1,3-4H3;1-6H/b6-5-;. The summed E-state index contributed by atoms with van der Waals surface area (Å²) in [5.74, 6) is 0.706. The highest BCUT2D eigenvalue weighted by Crippen LogP contribution is 2.44. The summed E-state index contributed by atoms with van der Waals surface area (Å²) in [5, 5.41) is 0. The predicted molar refractivity (Wildman–Crippen MR) is 86.1 cm³/mol. The van der Waals surface area contributed by atoms with Crippen molar-refractivity contribution in [2.45, 2.75) is 46.5 Å². The molecule has 0 aromatic heterocycles. The number of hydrogen-bond acceptors (Lipinski definition) is 0. The van der Waals surface area contributed by atoms with Gasteiger partial charge in [0, 0.05) is 0 Å². The minimum absolute atomic E-state index is 0.467. The largest absolute Gasteiger partial charge is 0.0995 e. The summed E-state index contributed by atoms with van der Waals surface area (Å²) in [6, 6.07) is 12.0. The molecule has 2 rings (SSSR count). The highest BCUT2D eigenvalue weighted by Gasteiger charge is 2.33. The van der Waals surface area contributed by atoms with Gasteiger partial charge in [-0.3, -0.25) is 0 Å². The number of benzene rings is 1. The second-order valence-electron chi connectivity index (χ2n) is 6.01. The summed E-state index contributed by atoms with van der Waals surface area (Å²) < 4.78 is 0. The molecule has 19 heavy (non-hydrogen) atoms. The van der Waals surface area contributed by atoms with Crippen LogP contribution < -0.4 is 0 Å². The fourth-order valence-corrected chi connectivity index (χ4v) is 2.81. The Labute approximate surface area is 119 Å². The van der Waals surface area contributed by atoms with Crippen LogP contribution in [0.15, 0.2) is 60.7 Å². The van der Waals surface area contributed by atoms with Crippen molar-refractivity contribution >= 4 is 0 Å². The molecule has 1 aromatic rings. The van der Waals surface area contributed by atoms with Crippen LogP contribution in [0.2, 0.25) is 0 Å². The third-order valence-corrected chi connectivity index (χ3v) is 4.03. The van der Waals surface area contributed by atoms with Crippen LogP contribution >= 0.6 is 0 Å². The van der Waals surface area contributed by atoms with Gasteiger partial charge in [-0.25, -0.2) is 0 Å². The maximum absolute atomic E-state index is 4.21. The van der Waals surface area contributed by atoms with Gasteiger partial charge in [-0.05, 0) is 43.9 Å². The first-order valence-corrected chi connectivity index (χ1v) is 7.37. The molecule has 0 amide bonds. The highest BCUT2D eigenvalue weighted by atomic mass is 14.4. The Hall–Kier alpha value is -1.30. The average Bonchev–Trinajstić information content (AvgIpc) is 2.40. The zero-order valence-corrected chi connectivity index (χ0v) is 12.7. The van der Waals surface area contributed by atoms with Crippen LogP contribution in [0, 0.1) is 11.3 Å². The summed E-state index contributed by atoms with van der Waals surface area (Å²) in [4.78, 5) is 0. The van der Waals surface area contributed by atoms with Gasteiger partial charge in [0.2, 0.25) is 0 Å². The second-order valence-corrected chi connectivity index (χ2v) is 6.01. The molecular formula is C19H28. The van der Waals surface area contributed by atoms with Gasteiger partial charge in [0.1, 0.15) is 0 Å². The van der Waals surface area contributed by atoms with Crippen molar-refractivity contribution in [1.82, 2.24) is 0 Å². The quantitative estimate of drug-likeness (QED) is 0.567. The zero-order chi connectivity index (χ0) is 14.1. The van der Waals surface area contributed by atoms with Crippen LogP contribution in [0.3, 0.4) is 0 Å². The average molecular weight is 256 g/mol. The van der Waals surface area contributed by atoms with E-state index in [0.717, 1.165) is 0 Å². The van der Waals surface area contributed by atoms with Gasteiger partial charge in [0.15, 0.2) is 0 Å². The first-order valence-electron chi connectivity index (χ1n) is 7.37. The monoisotopic (exact) mass is 256 g/mol. The molecule has 0 aliphatic heterocycles. The Morgan fingerprint density at radius 3 is 2.11 bits per heavy atom. The molecule has 104 valence electrons. The van der Waals surface area contributed by atoms with Gasteiger partial charge < -0.3 is 0 Å². The third kappa shape index (κ3) is 5.46. The van der Waals surface area contributed by atoms with E-state index in [0.29, 0.717) is 11.3 Å². The number of allylic oxidation sites excluding steroid dienone is 3. The molecule has 1 aromatic carbocycles. The molecule has 0 heterocycles. The van der Waals surface area contributed by atoms with Crippen LogP contribution in [0.5, 0.6) is 0 Å². The molecule has 0 nitrogen and oxygen atoms in total. The van der Waals surface area contributed by atoms with Gasteiger partial charge in [-0.15, -0.1) is 0 Å². The first kappa shape index (κ1) is 15.8. The minimum Gasteiger partial charge on any atom is -0.0995 e. The fourth-order valence-electron chi connectivity index (χ4n) is 2.81. The van der Waals surface area contributed by atoms with E-state index < -0.39 is 0 Å². The van der Waals surface area contributed by atoms with Crippen molar-refractivity contribution in [2.75, 3.05) is 0 Å². The first-order chi connectivity index (χ1) is 9.08. The molecule has 0 spiro atoms. The topological polar surface area (TPSA) is 0 Å². The molecule has 1 fully saturated rings. The molecule has 0 N–H and O–H groups in total. The Balaban J connectivity index is 0.000000250. The number of hydrogen-bond donors (Lipinski definition) is 0. The zero-order valence-electron chi connectivity index (χ0n) is 12.7. The lowest BCUT2D eigenvalue weighted by Gasteiger charge is -2.39. The molecule has 0 heteroatoms. The molecule has 1 aliphatic carbocycles. The molecular weight excluding hydrogens is 228 g/mol. The summed E-state index contributed by atoms with van der Waals surface area (Å²) in [7, 11) is 0. The highest BCUT2D eigenvalue weighted by molar-refractivity contribution is 5.11. The maximum atomic E-state index is 4.21. The maximum Gasteiger partial charge on any atom is -0.0120 e. The van der Waals surface area contributed by atoms with Crippen molar-refractivity contribution in [3.63, 3.8) is 0 Å². The van der Waals surface area contributed by atoms with Crippen molar-refractivity contribution in [2.24, 2.45) is 11.3 Å². The van der Waals surface area contributed by atoms with E-state index in [-0.39, 0.29) is 0 Å². The van der Waals surface area contributed by atoms with Crippen LogP contribution in [0.1, 0.15) is 46.5 Å². The van der Waals surface area contributed by atoms with Crippen molar-refractivity contribution in [3.05, 3.63) is 60.7 Å². The normalized spacial score (nSPS) is 21.8. The lowest BCUT2D eigenvalue weighted by Crippen LogP contribution is -2.28. The molecule has 0 bridgehead atoms. The summed E-state index contributed by atoms with van der Waals surface area (Å²) in [6.45, 7) is 11.1. The molecule has 1 aliphatic rings. The van der Waals surface area contributed by atoms with Gasteiger partial charge in [-0.2, -0.15) is 0 Å². The third-order valence-electron chi connectivity index (χ3n) is 4.03. The minimum atomic E-state index is 0.467. The predicted octanol–water partition coefficient (Wildman–Crippen LogP) is 6.02. The summed E-state index contributed by atoms with van der Waals surface area (Å²) in [6.07, 6.45) is 9.54. The van der Waals surface area contributed by atoms with E-state index in [9.17, 15) is 0 Å². The van der Waals surface area contributed by atoms with Gasteiger partial charge >= 0.3 is 0 Å². The van der Waals surface area contributed by atoms with Crippen LogP contribution in [-0.2, 0) is 0 Å². The van der Waals surface area contributed by atoms with E-state index in [4.69, 9.17) is 0 Å². The van der Waals surface area contributed by atoms with Crippen LogP contribution in [0.25, 0.3) is 0 Å². The van der Waals surface area contributed by atoms with E-state index in [2.05, 4.69) is 39.5 Å². The SMILES string of the molecule is C=C1CCCC(C)(C)C1C/C=C\C.c1ccccc1. The molecule has 0 radical (unpaired) electrons. The second kappa shape index (κ2) is 7.99. The summed E-state index contributed by atoms with van der Waals surface area (Å²) in [5.41, 5.74) is 1.93. The lowest BCUT2D eigenvalue weighted by atomic mass is 9.65. The van der Waals surface area contributed by atoms with Crippen molar-refractivity contribution in [1.29, 1.82) is 0 Å². The van der Waals surface area contributed by atoms with E-state index >= 15 is 0 Å². The van der Waals surface area contributed by atoms with Crippen LogP contribution in [0.4, 0.5) is 0 Å². The molecule has 0 saturated heterocycles. The molecule has 1 atom stereocenters. The summed E-state index contributed by atoms with van der Waals surface area (Å²) >= 11 is 0. The van der Waals surface area contributed by atoms with Gasteiger partial charge in [-0.1, -0.05) is 74.5 Å². The van der Waals surface area contributed by atoms with E-state index in [1.807, 2.05) is 36.4 Å². The Kier molecular flexibility index (Phi) is 6.62. The molecule has 1 saturated carbocycles.